The zero-order chi connectivity index (χ0) is 17.8. The highest BCUT2D eigenvalue weighted by atomic mass is 16.5. The molecule has 7 nitrogen and oxygen atoms in total. The van der Waals surface area contributed by atoms with Crippen molar-refractivity contribution in [3.8, 4) is 34.3 Å². The molecule has 0 aliphatic carbocycles. The smallest absolute Gasteiger partial charge is 0.337 e. The van der Waals surface area contributed by atoms with E-state index in [0.29, 0.717) is 34.3 Å². The van der Waals surface area contributed by atoms with Gasteiger partial charge in [0.25, 0.3) is 5.89 Å². The Labute approximate surface area is 144 Å². The zero-order valence-electron chi connectivity index (χ0n) is 14.0. The summed E-state index contributed by atoms with van der Waals surface area (Å²) < 4.78 is 20.5. The first-order valence-electron chi connectivity index (χ1n) is 7.41. The van der Waals surface area contributed by atoms with Crippen molar-refractivity contribution in [1.29, 1.82) is 0 Å². The van der Waals surface area contributed by atoms with E-state index in [-0.39, 0.29) is 0 Å². The molecule has 128 valence electrons. The molecule has 0 saturated carbocycles. The van der Waals surface area contributed by atoms with Gasteiger partial charge in [-0.25, -0.2) is 4.79 Å². The molecule has 2 aromatic carbocycles. The second kappa shape index (κ2) is 7.04. The van der Waals surface area contributed by atoms with Crippen LogP contribution in [0.4, 0.5) is 0 Å². The molecule has 0 saturated heterocycles. The first-order chi connectivity index (χ1) is 12.2. The average molecular weight is 340 g/mol. The lowest BCUT2D eigenvalue weighted by atomic mass is 10.1. The van der Waals surface area contributed by atoms with Crippen molar-refractivity contribution in [3.05, 3.63) is 48.0 Å². The van der Waals surface area contributed by atoms with E-state index in [1.807, 2.05) is 6.07 Å². The van der Waals surface area contributed by atoms with Crippen LogP contribution in [0.25, 0.3) is 22.8 Å². The topological polar surface area (TPSA) is 83.7 Å². The number of benzene rings is 2. The van der Waals surface area contributed by atoms with E-state index in [1.165, 1.54) is 7.11 Å². The third kappa shape index (κ3) is 3.30. The van der Waals surface area contributed by atoms with E-state index in [4.69, 9.17) is 14.0 Å². The Morgan fingerprint density at radius 1 is 0.920 bits per heavy atom. The molecule has 0 radical (unpaired) electrons. The Kier molecular flexibility index (Phi) is 4.65. The zero-order valence-corrected chi connectivity index (χ0v) is 14.0. The summed E-state index contributed by atoms with van der Waals surface area (Å²) in [6.07, 6.45) is 0. The summed E-state index contributed by atoms with van der Waals surface area (Å²) in [5.41, 5.74) is 1.89. The lowest BCUT2D eigenvalue weighted by Gasteiger charge is -2.07. The summed E-state index contributed by atoms with van der Waals surface area (Å²) in [6.45, 7) is 0. The third-order valence-electron chi connectivity index (χ3n) is 3.62. The molecule has 0 amide bonds. The van der Waals surface area contributed by atoms with Gasteiger partial charge < -0.3 is 18.7 Å². The maximum atomic E-state index is 11.5. The molecule has 3 rings (SSSR count). The van der Waals surface area contributed by atoms with Crippen molar-refractivity contribution in [2.24, 2.45) is 0 Å². The number of esters is 1. The van der Waals surface area contributed by atoms with Crippen LogP contribution in [0.1, 0.15) is 10.4 Å². The van der Waals surface area contributed by atoms with Crippen LogP contribution in [0.2, 0.25) is 0 Å². The fraction of sp³-hybridized carbons (Fsp3) is 0.167. The van der Waals surface area contributed by atoms with Gasteiger partial charge in [0.1, 0.15) is 0 Å². The SMILES string of the molecule is COC(=O)c1ccc(-c2nc(-c3ccc(OC)c(OC)c3)no2)cc1. The molecule has 25 heavy (non-hydrogen) atoms. The van der Waals surface area contributed by atoms with E-state index >= 15 is 0 Å². The van der Waals surface area contributed by atoms with Gasteiger partial charge in [-0.2, -0.15) is 4.98 Å². The van der Waals surface area contributed by atoms with E-state index in [0.717, 1.165) is 5.56 Å². The van der Waals surface area contributed by atoms with Crippen LogP contribution in [0, 0.1) is 0 Å². The van der Waals surface area contributed by atoms with Crippen molar-refractivity contribution in [2.45, 2.75) is 0 Å². The number of ether oxygens (including phenoxy) is 3. The molecule has 3 aromatic rings. The van der Waals surface area contributed by atoms with Gasteiger partial charge in [0.15, 0.2) is 11.5 Å². The van der Waals surface area contributed by atoms with Crippen molar-refractivity contribution in [1.82, 2.24) is 10.1 Å². The Morgan fingerprint density at radius 3 is 2.24 bits per heavy atom. The number of nitrogens with zero attached hydrogens (tertiary/aromatic N) is 2. The van der Waals surface area contributed by atoms with Gasteiger partial charge in [-0.1, -0.05) is 5.16 Å². The molecule has 0 atom stereocenters. The number of aromatic nitrogens is 2. The molecule has 0 aliphatic rings. The summed E-state index contributed by atoms with van der Waals surface area (Å²) in [6, 6.07) is 12.1. The first-order valence-corrected chi connectivity index (χ1v) is 7.41. The van der Waals surface area contributed by atoms with Crippen molar-refractivity contribution in [3.63, 3.8) is 0 Å². The van der Waals surface area contributed by atoms with Gasteiger partial charge in [0, 0.05) is 11.1 Å². The number of carbonyl (C=O) groups is 1. The minimum atomic E-state index is -0.400. The number of methoxy groups -OCH3 is 3. The van der Waals surface area contributed by atoms with Crippen LogP contribution in [-0.4, -0.2) is 37.4 Å². The molecule has 0 N–H and O–H groups in total. The van der Waals surface area contributed by atoms with Gasteiger partial charge in [-0.05, 0) is 42.5 Å². The van der Waals surface area contributed by atoms with Gasteiger partial charge >= 0.3 is 5.97 Å². The largest absolute Gasteiger partial charge is 0.493 e. The van der Waals surface area contributed by atoms with E-state index < -0.39 is 5.97 Å². The Hall–Kier alpha value is -3.35. The molecule has 0 bridgehead atoms. The fourth-order valence-corrected chi connectivity index (χ4v) is 2.30. The highest BCUT2D eigenvalue weighted by Crippen LogP contribution is 2.32. The second-order valence-corrected chi connectivity index (χ2v) is 5.06. The van der Waals surface area contributed by atoms with Crippen LogP contribution in [0.5, 0.6) is 11.5 Å². The lowest BCUT2D eigenvalue weighted by molar-refractivity contribution is 0.0600. The van der Waals surface area contributed by atoms with E-state index in [9.17, 15) is 4.79 Å². The molecular formula is C18H16N2O5. The predicted octanol–water partition coefficient (Wildman–Crippen LogP) is 3.21. The number of carbonyl (C=O) groups excluding carboxylic acids is 1. The second-order valence-electron chi connectivity index (χ2n) is 5.06. The molecular weight excluding hydrogens is 324 g/mol. The fourth-order valence-electron chi connectivity index (χ4n) is 2.30. The molecule has 1 aromatic heterocycles. The highest BCUT2D eigenvalue weighted by Gasteiger charge is 2.14. The van der Waals surface area contributed by atoms with Crippen LogP contribution >= 0.6 is 0 Å². The minimum absolute atomic E-state index is 0.348. The Bertz CT molecular complexity index is 887. The molecule has 0 fully saturated rings. The Balaban J connectivity index is 1.88. The maximum absolute atomic E-state index is 11.5. The summed E-state index contributed by atoms with van der Waals surface area (Å²) in [5.74, 6) is 1.57. The predicted molar refractivity (Wildman–Crippen MR) is 89.6 cm³/mol. The van der Waals surface area contributed by atoms with Crippen LogP contribution in [-0.2, 0) is 4.74 Å². The molecule has 7 heteroatoms. The van der Waals surface area contributed by atoms with Crippen LogP contribution in [0.3, 0.4) is 0 Å². The van der Waals surface area contributed by atoms with Crippen molar-refractivity contribution < 1.29 is 23.5 Å². The normalized spacial score (nSPS) is 10.4. The number of rotatable bonds is 5. The molecule has 0 unspecified atom stereocenters. The highest BCUT2D eigenvalue weighted by molar-refractivity contribution is 5.89. The third-order valence-corrected chi connectivity index (χ3v) is 3.62. The summed E-state index contributed by atoms with van der Waals surface area (Å²) in [5, 5.41) is 3.99. The average Bonchev–Trinajstić information content (AvgIpc) is 3.17. The molecule has 1 heterocycles. The monoisotopic (exact) mass is 340 g/mol. The molecule has 0 spiro atoms. The van der Waals surface area contributed by atoms with Crippen LogP contribution in [0.15, 0.2) is 47.0 Å². The van der Waals surface area contributed by atoms with Gasteiger partial charge in [0.05, 0.1) is 26.9 Å². The van der Waals surface area contributed by atoms with Crippen LogP contribution < -0.4 is 9.47 Å². The first kappa shape index (κ1) is 16.5. The maximum Gasteiger partial charge on any atom is 0.337 e. The van der Waals surface area contributed by atoms with Gasteiger partial charge in [-0.3, -0.25) is 0 Å². The van der Waals surface area contributed by atoms with E-state index in [1.54, 1.807) is 50.6 Å². The summed E-state index contributed by atoms with van der Waals surface area (Å²) >= 11 is 0. The van der Waals surface area contributed by atoms with Gasteiger partial charge in [-0.15, -0.1) is 0 Å². The molecule has 0 aliphatic heterocycles. The lowest BCUT2D eigenvalue weighted by Crippen LogP contribution is -2.00. The number of hydrogen-bond donors (Lipinski definition) is 0. The van der Waals surface area contributed by atoms with E-state index in [2.05, 4.69) is 14.9 Å². The summed E-state index contributed by atoms with van der Waals surface area (Å²) in [7, 11) is 4.47. The van der Waals surface area contributed by atoms with Gasteiger partial charge in [0.2, 0.25) is 5.82 Å². The quantitative estimate of drug-likeness (QED) is 0.659. The summed E-state index contributed by atoms with van der Waals surface area (Å²) in [4.78, 5) is 15.9. The Morgan fingerprint density at radius 2 is 1.60 bits per heavy atom. The minimum Gasteiger partial charge on any atom is -0.493 e. The van der Waals surface area contributed by atoms with Crippen molar-refractivity contribution in [2.75, 3.05) is 21.3 Å². The standard InChI is InChI=1S/C18H16N2O5/c1-22-14-9-8-13(10-15(14)23-2)16-19-17(25-20-16)11-4-6-12(7-5-11)18(21)24-3/h4-10H,1-3H3. The number of hydrogen-bond acceptors (Lipinski definition) is 7. The van der Waals surface area contributed by atoms with Crippen molar-refractivity contribution >= 4 is 5.97 Å².